The number of nitrogens with zero attached hydrogens (tertiary/aromatic N) is 4. The Morgan fingerprint density at radius 2 is 1.79 bits per heavy atom. The Hall–Kier alpha value is -4.42. The molecule has 2 saturated heterocycles. The molecule has 2 aromatic carbocycles. The van der Waals surface area contributed by atoms with Gasteiger partial charge in [0.15, 0.2) is 0 Å². The summed E-state index contributed by atoms with van der Waals surface area (Å²) < 4.78 is 7.12. The van der Waals surface area contributed by atoms with E-state index in [1.807, 2.05) is 12.1 Å². The monoisotopic (exact) mass is 547 g/mol. The van der Waals surface area contributed by atoms with Gasteiger partial charge in [0, 0.05) is 48.0 Å². The van der Waals surface area contributed by atoms with Crippen LogP contribution in [-0.4, -0.2) is 64.3 Å². The minimum atomic E-state index is -0.568. The maximum absolute atomic E-state index is 13.0. The van der Waals surface area contributed by atoms with Crippen molar-refractivity contribution in [2.45, 2.75) is 6.54 Å². The van der Waals surface area contributed by atoms with E-state index in [2.05, 4.69) is 10.2 Å². The molecule has 39 heavy (non-hydrogen) atoms. The molecule has 0 saturated carbocycles. The molecular formula is C27H25N5O6S. The fraction of sp³-hybridized carbons (Fsp3) is 0.222. The average Bonchev–Trinajstić information content (AvgIpc) is 3.48. The average molecular weight is 548 g/mol. The Labute approximate surface area is 228 Å². The highest BCUT2D eigenvalue weighted by atomic mass is 32.2. The summed E-state index contributed by atoms with van der Waals surface area (Å²) in [6.45, 7) is 2.75. The predicted octanol–water partition coefficient (Wildman–Crippen LogP) is 3.96. The number of nitro groups is 1. The number of morpholine rings is 1. The first-order valence-corrected chi connectivity index (χ1v) is 13.1. The van der Waals surface area contributed by atoms with E-state index in [0.717, 1.165) is 35.4 Å². The number of hydrogen-bond donors (Lipinski definition) is 1. The van der Waals surface area contributed by atoms with Gasteiger partial charge in [-0.05, 0) is 54.2 Å². The van der Waals surface area contributed by atoms with Crippen molar-refractivity contribution in [1.29, 1.82) is 0 Å². The van der Waals surface area contributed by atoms with Crippen LogP contribution in [0.4, 0.5) is 21.9 Å². The Kier molecular flexibility index (Phi) is 7.75. The van der Waals surface area contributed by atoms with Gasteiger partial charge in [-0.25, -0.2) is 0 Å². The number of carbonyl (C=O) groups excluding carboxylic acids is 3. The second-order valence-corrected chi connectivity index (χ2v) is 9.90. The number of thioether (sulfide) groups is 1. The molecule has 2 aliphatic rings. The number of para-hydroxylation sites is 1. The van der Waals surface area contributed by atoms with Crippen LogP contribution in [0.15, 0.2) is 71.8 Å². The van der Waals surface area contributed by atoms with E-state index in [1.165, 1.54) is 6.07 Å². The van der Waals surface area contributed by atoms with Crippen LogP contribution in [0.1, 0.15) is 11.3 Å². The molecule has 0 unspecified atom stereocenters. The fourth-order valence-corrected chi connectivity index (χ4v) is 5.22. The van der Waals surface area contributed by atoms with Crippen molar-refractivity contribution in [3.63, 3.8) is 0 Å². The highest BCUT2D eigenvalue weighted by Crippen LogP contribution is 2.32. The summed E-state index contributed by atoms with van der Waals surface area (Å²) >= 11 is 0.750. The first-order valence-electron chi connectivity index (χ1n) is 12.2. The Morgan fingerprint density at radius 3 is 2.54 bits per heavy atom. The number of imide groups is 1. The van der Waals surface area contributed by atoms with E-state index >= 15 is 0 Å². The summed E-state index contributed by atoms with van der Waals surface area (Å²) in [5, 5.41) is 13.6. The van der Waals surface area contributed by atoms with E-state index in [-0.39, 0.29) is 17.1 Å². The van der Waals surface area contributed by atoms with Gasteiger partial charge in [-0.15, -0.1) is 0 Å². The van der Waals surface area contributed by atoms with E-state index in [4.69, 9.17) is 4.74 Å². The first kappa shape index (κ1) is 26.2. The van der Waals surface area contributed by atoms with Crippen LogP contribution in [-0.2, 0) is 20.9 Å². The second kappa shape index (κ2) is 11.5. The van der Waals surface area contributed by atoms with Crippen molar-refractivity contribution in [3.8, 4) is 0 Å². The van der Waals surface area contributed by atoms with Gasteiger partial charge in [0.1, 0.15) is 6.54 Å². The maximum Gasteiger partial charge on any atom is 0.294 e. The number of ether oxygens (including phenoxy) is 1. The molecule has 3 heterocycles. The van der Waals surface area contributed by atoms with Crippen LogP contribution < -0.4 is 10.2 Å². The van der Waals surface area contributed by atoms with Gasteiger partial charge < -0.3 is 19.5 Å². The molecule has 2 aliphatic heterocycles. The lowest BCUT2D eigenvalue weighted by Gasteiger charge is -2.28. The highest BCUT2D eigenvalue weighted by Gasteiger charge is 2.36. The van der Waals surface area contributed by atoms with Crippen LogP contribution >= 0.6 is 11.8 Å². The van der Waals surface area contributed by atoms with Crippen molar-refractivity contribution in [2.24, 2.45) is 0 Å². The van der Waals surface area contributed by atoms with Crippen molar-refractivity contribution < 1.29 is 24.0 Å². The standard InChI is InChI=1S/C27H25N5O6S/c33-25(28-20-7-9-21(10-8-20)29-12-14-38-15-13-29)18-31-26(34)24(39-27(31)35)16-22-5-3-11-30(22)17-19-4-1-2-6-23(19)32(36)37/h1-11,16H,12-15,17-18H2,(H,28,33)/b24-16+. The van der Waals surface area contributed by atoms with Gasteiger partial charge in [-0.2, -0.15) is 0 Å². The van der Waals surface area contributed by atoms with E-state index in [1.54, 1.807) is 59.3 Å². The van der Waals surface area contributed by atoms with Crippen molar-refractivity contribution in [1.82, 2.24) is 9.47 Å². The molecule has 200 valence electrons. The third-order valence-corrected chi connectivity index (χ3v) is 7.28. The predicted molar refractivity (Wildman–Crippen MR) is 147 cm³/mol. The molecule has 0 spiro atoms. The van der Waals surface area contributed by atoms with Gasteiger partial charge in [0.25, 0.3) is 16.8 Å². The molecule has 1 aromatic heterocycles. The van der Waals surface area contributed by atoms with Crippen molar-refractivity contribution in [3.05, 3.63) is 93.1 Å². The van der Waals surface area contributed by atoms with Crippen molar-refractivity contribution in [2.75, 3.05) is 43.1 Å². The van der Waals surface area contributed by atoms with Gasteiger partial charge >= 0.3 is 0 Å². The van der Waals surface area contributed by atoms with Gasteiger partial charge in [-0.1, -0.05) is 18.2 Å². The number of aromatic nitrogens is 1. The summed E-state index contributed by atoms with van der Waals surface area (Å²) in [4.78, 5) is 52.4. The zero-order valence-corrected chi connectivity index (χ0v) is 21.6. The largest absolute Gasteiger partial charge is 0.378 e. The summed E-state index contributed by atoms with van der Waals surface area (Å²) in [7, 11) is 0. The molecule has 0 aliphatic carbocycles. The highest BCUT2D eigenvalue weighted by molar-refractivity contribution is 8.18. The molecule has 2 fully saturated rings. The lowest BCUT2D eigenvalue weighted by Crippen LogP contribution is -2.36. The molecule has 11 nitrogen and oxygen atoms in total. The summed E-state index contributed by atoms with van der Waals surface area (Å²) in [5.41, 5.74) is 2.70. The molecule has 12 heteroatoms. The third-order valence-electron chi connectivity index (χ3n) is 6.38. The van der Waals surface area contributed by atoms with Crippen LogP contribution in [0.3, 0.4) is 0 Å². The first-order chi connectivity index (χ1) is 18.9. The molecule has 3 amide bonds. The normalized spacial score (nSPS) is 16.7. The molecule has 0 bridgehead atoms. The number of nitrogens with one attached hydrogen (secondary N) is 1. The van der Waals surface area contributed by atoms with Gasteiger partial charge in [0.2, 0.25) is 5.91 Å². The van der Waals surface area contributed by atoms with E-state index in [9.17, 15) is 24.5 Å². The van der Waals surface area contributed by atoms with Crippen LogP contribution in [0.2, 0.25) is 0 Å². The summed E-state index contributed by atoms with van der Waals surface area (Å²) in [6.07, 6.45) is 3.30. The summed E-state index contributed by atoms with van der Waals surface area (Å²) in [6, 6.07) is 17.3. The minimum Gasteiger partial charge on any atom is -0.378 e. The topological polar surface area (TPSA) is 127 Å². The molecule has 0 atom stereocenters. The molecular weight excluding hydrogens is 522 g/mol. The van der Waals surface area contributed by atoms with Crippen molar-refractivity contribution >= 4 is 52.0 Å². The zero-order valence-electron chi connectivity index (χ0n) is 20.8. The lowest BCUT2D eigenvalue weighted by molar-refractivity contribution is -0.385. The summed E-state index contributed by atoms with van der Waals surface area (Å²) in [5.74, 6) is -1.06. The Morgan fingerprint density at radius 1 is 1.05 bits per heavy atom. The van der Waals surface area contributed by atoms with Gasteiger partial charge in [0.05, 0.1) is 29.6 Å². The quantitative estimate of drug-likeness (QED) is 0.255. The molecule has 1 N–H and O–H groups in total. The minimum absolute atomic E-state index is 0.000721. The molecule has 5 rings (SSSR count). The Bertz CT molecular complexity index is 1440. The fourth-order valence-electron chi connectivity index (χ4n) is 4.40. The number of rotatable bonds is 8. The number of hydrogen-bond acceptors (Lipinski definition) is 8. The molecule has 0 radical (unpaired) electrons. The van der Waals surface area contributed by atoms with E-state index in [0.29, 0.717) is 30.2 Å². The number of anilines is 2. The second-order valence-electron chi connectivity index (χ2n) is 8.91. The zero-order chi connectivity index (χ0) is 27.4. The smallest absolute Gasteiger partial charge is 0.294 e. The lowest BCUT2D eigenvalue weighted by atomic mass is 10.2. The number of carbonyl (C=O) groups is 3. The van der Waals surface area contributed by atoms with Crippen LogP contribution in [0, 0.1) is 10.1 Å². The Balaban J connectivity index is 1.23. The SMILES string of the molecule is O=C(CN1C(=O)S/C(=C/c2cccn2Cc2ccccc2[N+](=O)[O-])C1=O)Nc1ccc(N2CCOCC2)cc1. The van der Waals surface area contributed by atoms with Crippen LogP contribution in [0.25, 0.3) is 6.08 Å². The maximum atomic E-state index is 13.0. The van der Waals surface area contributed by atoms with Crippen LogP contribution in [0.5, 0.6) is 0 Å². The molecule has 3 aromatic rings. The van der Waals surface area contributed by atoms with Gasteiger partial charge in [-0.3, -0.25) is 29.4 Å². The third kappa shape index (κ3) is 6.02. The number of benzene rings is 2. The van der Waals surface area contributed by atoms with E-state index < -0.39 is 28.5 Å². The number of nitro benzene ring substituents is 1. The number of amides is 3.